The molecule has 2 nitrogen and oxygen atoms in total. The summed E-state index contributed by atoms with van der Waals surface area (Å²) in [5.74, 6) is -4.87. The van der Waals surface area contributed by atoms with Crippen LogP contribution < -0.4 is 0 Å². The molecule has 0 aromatic heterocycles. The zero-order valence-electron chi connectivity index (χ0n) is 23.3. The molecular formula is C23H45F7O2Si4. The molecule has 0 rings (SSSR count). The first-order chi connectivity index (χ1) is 16.5. The summed E-state index contributed by atoms with van der Waals surface area (Å²) in [7, 11) is -7.68. The zero-order valence-corrected chi connectivity index (χ0v) is 27.3. The van der Waals surface area contributed by atoms with Crippen LogP contribution in [0.5, 0.6) is 0 Å². The lowest BCUT2D eigenvalue weighted by molar-refractivity contribution is -0.176. The molecule has 0 aromatic carbocycles. The highest BCUT2D eigenvalue weighted by Gasteiger charge is 2.74. The maximum atomic E-state index is 15.1. The maximum Gasteiger partial charge on any atom is 0.424 e. The maximum absolute atomic E-state index is 15.1. The van der Waals surface area contributed by atoms with E-state index in [1.165, 1.54) is 0 Å². The Balaban J connectivity index is 8.04. The van der Waals surface area contributed by atoms with E-state index in [1.54, 1.807) is 0 Å². The van der Waals surface area contributed by atoms with Crippen LogP contribution in [-0.2, 0) is 9.22 Å². The van der Waals surface area contributed by atoms with Gasteiger partial charge in [0, 0.05) is 0 Å². The van der Waals surface area contributed by atoms with Gasteiger partial charge in [-0.05, 0) is 0 Å². The molecule has 0 aromatic rings. The van der Waals surface area contributed by atoms with Crippen molar-refractivity contribution in [3.05, 3.63) is 11.4 Å². The first kappa shape index (κ1) is 35.6. The van der Waals surface area contributed by atoms with Crippen LogP contribution in [0.1, 0.15) is 62.3 Å². The molecule has 0 aliphatic rings. The van der Waals surface area contributed by atoms with Crippen LogP contribution in [-0.4, -0.2) is 48.0 Å². The first-order valence-electron chi connectivity index (χ1n) is 13.2. The van der Waals surface area contributed by atoms with Gasteiger partial charge in [-0.25, -0.2) is 4.79 Å². The molecule has 0 aliphatic carbocycles. The van der Waals surface area contributed by atoms with E-state index in [0.717, 1.165) is 54.4 Å². The monoisotopic (exact) mass is 598 g/mol. The zero-order chi connectivity index (χ0) is 28.8. The van der Waals surface area contributed by atoms with Crippen molar-refractivity contribution in [3.8, 4) is 0 Å². The summed E-state index contributed by atoms with van der Waals surface area (Å²) >= 11 is 0. The Kier molecular flexibility index (Phi) is 12.9. The molecule has 0 saturated heterocycles. The lowest BCUT2D eigenvalue weighted by Crippen LogP contribution is -2.89. The number of carbonyl (C=O) groups is 1. The minimum atomic E-state index is -6.07. The number of carbonyl (C=O) groups excluding carboxylic acids is 1. The number of rotatable bonds is 14. The van der Waals surface area contributed by atoms with Crippen LogP contribution in [0.15, 0.2) is 11.4 Å². The summed E-state index contributed by atoms with van der Waals surface area (Å²) in [5.41, 5.74) is -3.40. The lowest BCUT2D eigenvalue weighted by Gasteiger charge is -2.63. The Hall–Kier alpha value is -0.412. The fourth-order valence-corrected chi connectivity index (χ4v) is 106. The van der Waals surface area contributed by atoms with E-state index < -0.39 is 59.4 Å². The molecule has 0 amide bonds. The second-order valence-electron chi connectivity index (χ2n) is 9.78. The Labute approximate surface area is 216 Å². The number of hydrogen-bond donors (Lipinski definition) is 0. The van der Waals surface area contributed by atoms with Gasteiger partial charge in [0.25, 0.3) is 0 Å². The third kappa shape index (κ3) is 5.78. The van der Waals surface area contributed by atoms with Crippen molar-refractivity contribution >= 4 is 35.6 Å². The van der Waals surface area contributed by atoms with E-state index in [9.17, 15) is 31.1 Å². The fraction of sp³-hybridized carbons (Fsp3) is 0.870. The Morgan fingerprint density at radius 1 is 0.556 bits per heavy atom. The second-order valence-corrected chi connectivity index (χ2v) is 45.8. The average Bonchev–Trinajstić information content (AvgIpc) is 2.81. The van der Waals surface area contributed by atoms with Gasteiger partial charge >= 0.3 is 18.3 Å². The van der Waals surface area contributed by atoms with Crippen molar-refractivity contribution in [2.45, 2.75) is 129 Å². The summed E-state index contributed by atoms with van der Waals surface area (Å²) in [6, 6.07) is 6.50. The molecular weight excluding hydrogens is 554 g/mol. The van der Waals surface area contributed by atoms with Crippen LogP contribution in [0, 0.1) is 0 Å². The van der Waals surface area contributed by atoms with Gasteiger partial charge in [0.15, 0.2) is 5.57 Å². The Morgan fingerprint density at radius 3 is 0.944 bits per heavy atom. The summed E-state index contributed by atoms with van der Waals surface area (Å²) in [4.78, 5) is 13.3. The standard InChI is InChI=1S/C23H45F7O2Si4/c1-10-33(11-2,12-3)36(34(13-4,14-5)15-6,35(16-7,17-8)18-9)32-21(31)19(24)20(22(25,26)27)23(28,29)30/h10-18H2,1-9H3. The molecule has 0 bridgehead atoms. The summed E-state index contributed by atoms with van der Waals surface area (Å²) in [5, 5.41) is 0. The van der Waals surface area contributed by atoms with Crippen molar-refractivity contribution in [2.75, 3.05) is 0 Å². The van der Waals surface area contributed by atoms with E-state index in [-0.39, 0.29) is 0 Å². The van der Waals surface area contributed by atoms with Crippen LogP contribution in [0.4, 0.5) is 30.7 Å². The average molecular weight is 599 g/mol. The largest absolute Gasteiger partial charge is 0.522 e. The van der Waals surface area contributed by atoms with E-state index in [2.05, 4.69) is 0 Å². The topological polar surface area (TPSA) is 26.3 Å². The predicted octanol–water partition coefficient (Wildman–Crippen LogP) is 9.58. The van der Waals surface area contributed by atoms with Crippen molar-refractivity contribution in [3.63, 3.8) is 0 Å². The third-order valence-corrected chi connectivity index (χ3v) is 79.2. The van der Waals surface area contributed by atoms with Gasteiger partial charge < -0.3 is 4.43 Å². The van der Waals surface area contributed by atoms with Crippen LogP contribution in [0.2, 0.25) is 54.4 Å². The molecule has 0 N–H and O–H groups in total. The van der Waals surface area contributed by atoms with Crippen molar-refractivity contribution < 1.29 is 40.0 Å². The third-order valence-electron chi connectivity index (χ3n) is 9.54. The molecule has 0 radical (unpaired) electrons. The minimum absolute atomic E-state index is 0.722. The summed E-state index contributed by atoms with van der Waals surface area (Å²) < 4.78 is 102. The molecule has 0 atom stereocenters. The van der Waals surface area contributed by atoms with Crippen molar-refractivity contribution in [1.82, 2.24) is 0 Å². The SMILES string of the molecule is CC[Si](CC)(CC)[Si](OC(=O)C(F)=C(C(F)(F)F)C(F)(F)F)([Si](CC)(CC)CC)[Si](CC)(CC)CC. The van der Waals surface area contributed by atoms with Gasteiger partial charge in [-0.3, -0.25) is 0 Å². The molecule has 0 saturated carbocycles. The molecule has 0 unspecified atom stereocenters. The number of hydrogen-bond acceptors (Lipinski definition) is 2. The van der Waals surface area contributed by atoms with Gasteiger partial charge in [0.05, 0.1) is 22.8 Å². The molecule has 214 valence electrons. The molecule has 13 heteroatoms. The van der Waals surface area contributed by atoms with E-state index in [0.29, 0.717) is 0 Å². The summed E-state index contributed by atoms with van der Waals surface area (Å²) in [6.07, 6.45) is -12.1. The molecule has 0 heterocycles. The van der Waals surface area contributed by atoms with E-state index >= 15 is 4.39 Å². The second kappa shape index (κ2) is 13.1. The first-order valence-corrected chi connectivity index (χ1v) is 26.0. The summed E-state index contributed by atoms with van der Waals surface area (Å²) in [6.45, 7) is 14.9. The normalized spacial score (nSPS) is 14.1. The fourth-order valence-electron chi connectivity index (χ4n) is 7.20. The lowest BCUT2D eigenvalue weighted by atomic mass is 10.2. The highest BCUT2D eigenvalue weighted by molar-refractivity contribution is 7.88. The number of allylic oxidation sites excluding steroid dienone is 1. The number of alkyl halides is 6. The molecule has 36 heavy (non-hydrogen) atoms. The van der Waals surface area contributed by atoms with Gasteiger partial charge in [-0.1, -0.05) is 117 Å². The highest BCUT2D eigenvalue weighted by atomic mass is 29.9. The van der Waals surface area contributed by atoms with Gasteiger partial charge in [0.2, 0.25) is 12.7 Å². The predicted molar refractivity (Wildman–Crippen MR) is 144 cm³/mol. The Morgan fingerprint density at radius 2 is 0.778 bits per heavy atom. The van der Waals surface area contributed by atoms with Crippen LogP contribution >= 0.6 is 0 Å². The van der Waals surface area contributed by atoms with Crippen molar-refractivity contribution in [1.29, 1.82) is 0 Å². The quantitative estimate of drug-likeness (QED) is 0.113. The molecule has 0 spiro atoms. The van der Waals surface area contributed by atoms with Crippen LogP contribution in [0.3, 0.4) is 0 Å². The Bertz CT molecular complexity index is 663. The smallest absolute Gasteiger partial charge is 0.424 e. The van der Waals surface area contributed by atoms with Crippen molar-refractivity contribution in [2.24, 2.45) is 0 Å². The number of halogens is 7. The van der Waals surface area contributed by atoms with Crippen LogP contribution in [0.25, 0.3) is 0 Å². The van der Waals surface area contributed by atoms with Gasteiger partial charge in [0.1, 0.15) is 0 Å². The molecule has 0 aliphatic heterocycles. The minimum Gasteiger partial charge on any atom is -0.522 e. The van der Waals surface area contributed by atoms with Gasteiger partial charge in [-0.2, -0.15) is 30.7 Å². The molecule has 0 fully saturated rings. The highest BCUT2D eigenvalue weighted by Crippen LogP contribution is 2.52. The van der Waals surface area contributed by atoms with E-state index in [1.807, 2.05) is 62.3 Å². The van der Waals surface area contributed by atoms with Gasteiger partial charge in [-0.15, -0.1) is 0 Å². The van der Waals surface area contributed by atoms with E-state index in [4.69, 9.17) is 4.43 Å².